The van der Waals surface area contributed by atoms with Crippen LogP contribution in [0.25, 0.3) is 0 Å². The molecule has 0 bridgehead atoms. The summed E-state index contributed by atoms with van der Waals surface area (Å²) in [6, 6.07) is 11.8. The summed E-state index contributed by atoms with van der Waals surface area (Å²) in [5, 5.41) is 12.4. The number of alkyl halides is 3. The molecule has 1 amide bonds. The minimum atomic E-state index is -4.61. The SMILES string of the molecule is CCS(=O)(=O)c1ccc([C@H](CO)NC(=O)c2ccc(N(Cc3cccc(C(F)(F)F)n3)C(C)C)c(F)c2)cc1. The summed E-state index contributed by atoms with van der Waals surface area (Å²) >= 11 is 0. The van der Waals surface area contributed by atoms with E-state index < -0.39 is 46.1 Å². The first-order valence-electron chi connectivity index (χ1n) is 12.1. The van der Waals surface area contributed by atoms with E-state index in [2.05, 4.69) is 10.3 Å². The Hall–Kier alpha value is -3.51. The van der Waals surface area contributed by atoms with Crippen molar-refractivity contribution >= 4 is 21.4 Å². The summed E-state index contributed by atoms with van der Waals surface area (Å²) < 4.78 is 78.4. The van der Waals surface area contributed by atoms with Gasteiger partial charge in [0.2, 0.25) is 0 Å². The molecule has 210 valence electrons. The van der Waals surface area contributed by atoms with Crippen LogP contribution >= 0.6 is 0 Å². The second-order valence-corrected chi connectivity index (χ2v) is 11.4. The lowest BCUT2D eigenvalue weighted by atomic mass is 10.1. The highest BCUT2D eigenvalue weighted by Gasteiger charge is 2.32. The zero-order chi connectivity index (χ0) is 29.0. The number of carbonyl (C=O) groups excluding carboxylic acids is 1. The fourth-order valence-electron chi connectivity index (χ4n) is 3.88. The molecule has 0 radical (unpaired) electrons. The number of aliphatic hydroxyl groups is 1. The highest BCUT2D eigenvalue weighted by atomic mass is 32.2. The standard InChI is InChI=1S/C27H29F4N3O4S/c1-4-39(37,38)21-11-8-18(9-12-21)23(16-35)33-26(36)19-10-13-24(22(28)14-19)34(17(2)3)15-20-6-5-7-25(32-20)27(29,30)31/h5-14,17,23,35H,4,15-16H2,1-3H3,(H,33,36)/t23-/m0/s1. The Bertz CT molecular complexity index is 1410. The van der Waals surface area contributed by atoms with Crippen molar-refractivity contribution < 1.29 is 35.9 Å². The fraction of sp³-hybridized carbons (Fsp3) is 0.333. The molecule has 3 aromatic rings. The van der Waals surface area contributed by atoms with Crippen molar-refractivity contribution in [3.05, 3.63) is 89.0 Å². The van der Waals surface area contributed by atoms with Crippen molar-refractivity contribution in [1.29, 1.82) is 0 Å². The molecule has 0 unspecified atom stereocenters. The first-order chi connectivity index (χ1) is 18.3. The number of rotatable bonds is 10. The molecule has 2 N–H and O–H groups in total. The number of sulfone groups is 1. The lowest BCUT2D eigenvalue weighted by molar-refractivity contribution is -0.141. The Balaban J connectivity index is 1.79. The maximum atomic E-state index is 15.2. The van der Waals surface area contributed by atoms with Crippen molar-refractivity contribution in [3.63, 3.8) is 0 Å². The Morgan fingerprint density at radius 1 is 1.08 bits per heavy atom. The normalized spacial score (nSPS) is 12.8. The molecular formula is C27H29F4N3O4S. The first kappa shape index (κ1) is 30.0. The van der Waals surface area contributed by atoms with Gasteiger partial charge < -0.3 is 15.3 Å². The van der Waals surface area contributed by atoms with Crippen LogP contribution in [0.5, 0.6) is 0 Å². The van der Waals surface area contributed by atoms with Crippen molar-refractivity contribution in [2.45, 2.75) is 50.5 Å². The molecular weight excluding hydrogens is 538 g/mol. The topological polar surface area (TPSA) is 99.6 Å². The van der Waals surface area contributed by atoms with Gasteiger partial charge in [-0.1, -0.05) is 25.1 Å². The van der Waals surface area contributed by atoms with Gasteiger partial charge >= 0.3 is 6.18 Å². The van der Waals surface area contributed by atoms with Gasteiger partial charge in [0.15, 0.2) is 9.84 Å². The maximum absolute atomic E-state index is 15.2. The van der Waals surface area contributed by atoms with Gasteiger partial charge in [-0.05, 0) is 61.9 Å². The molecule has 1 aromatic heterocycles. The summed E-state index contributed by atoms with van der Waals surface area (Å²) in [6.07, 6.45) is -4.61. The van der Waals surface area contributed by atoms with Crippen LogP contribution in [0.1, 0.15) is 54.1 Å². The quantitative estimate of drug-likeness (QED) is 0.338. The minimum Gasteiger partial charge on any atom is -0.394 e. The molecule has 1 atom stereocenters. The lowest BCUT2D eigenvalue weighted by Crippen LogP contribution is -2.32. The van der Waals surface area contributed by atoms with Crippen LogP contribution in [0.15, 0.2) is 65.6 Å². The number of amides is 1. The van der Waals surface area contributed by atoms with E-state index in [1.165, 1.54) is 60.4 Å². The number of hydrogen-bond donors (Lipinski definition) is 2. The number of nitrogens with zero attached hydrogens (tertiary/aromatic N) is 2. The van der Waals surface area contributed by atoms with E-state index >= 15 is 4.39 Å². The molecule has 0 saturated carbocycles. The van der Waals surface area contributed by atoms with E-state index in [0.717, 1.165) is 12.1 Å². The third kappa shape index (κ3) is 7.33. The van der Waals surface area contributed by atoms with Gasteiger partial charge in [-0.3, -0.25) is 4.79 Å². The number of halogens is 4. The lowest BCUT2D eigenvalue weighted by Gasteiger charge is -2.29. The Morgan fingerprint density at radius 2 is 1.74 bits per heavy atom. The van der Waals surface area contributed by atoms with Gasteiger partial charge in [0.1, 0.15) is 11.5 Å². The highest BCUT2D eigenvalue weighted by molar-refractivity contribution is 7.91. The largest absolute Gasteiger partial charge is 0.433 e. The van der Waals surface area contributed by atoms with Crippen molar-refractivity contribution in [2.24, 2.45) is 0 Å². The molecule has 39 heavy (non-hydrogen) atoms. The van der Waals surface area contributed by atoms with Crippen LogP contribution in [-0.4, -0.2) is 42.8 Å². The molecule has 7 nitrogen and oxygen atoms in total. The van der Waals surface area contributed by atoms with E-state index in [1.807, 2.05) is 0 Å². The number of nitrogens with one attached hydrogen (secondary N) is 1. The fourth-order valence-corrected chi connectivity index (χ4v) is 4.76. The highest BCUT2D eigenvalue weighted by Crippen LogP contribution is 2.29. The van der Waals surface area contributed by atoms with Gasteiger partial charge in [0.25, 0.3) is 5.91 Å². The molecule has 0 fully saturated rings. The molecule has 0 spiro atoms. The third-order valence-corrected chi connectivity index (χ3v) is 7.83. The summed E-state index contributed by atoms with van der Waals surface area (Å²) in [4.78, 5) is 18.1. The number of pyridine rings is 1. The number of anilines is 1. The number of aromatic nitrogens is 1. The molecule has 3 rings (SSSR count). The average Bonchev–Trinajstić information content (AvgIpc) is 2.90. The van der Waals surface area contributed by atoms with E-state index in [4.69, 9.17) is 0 Å². The predicted octanol–water partition coefficient (Wildman–Crippen LogP) is 4.91. The van der Waals surface area contributed by atoms with Crippen molar-refractivity contribution in [1.82, 2.24) is 10.3 Å². The molecule has 0 aliphatic rings. The minimum absolute atomic E-state index is 0.0409. The smallest absolute Gasteiger partial charge is 0.394 e. The maximum Gasteiger partial charge on any atom is 0.433 e. The molecule has 0 saturated heterocycles. The first-order valence-corrected chi connectivity index (χ1v) is 13.8. The van der Waals surface area contributed by atoms with Gasteiger partial charge in [-0.25, -0.2) is 17.8 Å². The molecule has 2 aromatic carbocycles. The van der Waals surface area contributed by atoms with E-state index in [0.29, 0.717) is 5.56 Å². The van der Waals surface area contributed by atoms with Crippen LogP contribution < -0.4 is 10.2 Å². The van der Waals surface area contributed by atoms with Crippen molar-refractivity contribution in [3.8, 4) is 0 Å². The summed E-state index contributed by atoms with van der Waals surface area (Å²) in [7, 11) is -3.41. The van der Waals surface area contributed by atoms with Crippen LogP contribution in [0.4, 0.5) is 23.2 Å². The summed E-state index contributed by atoms with van der Waals surface area (Å²) in [5.41, 5.74) is -0.454. The Labute approximate surface area is 224 Å². The number of benzene rings is 2. The van der Waals surface area contributed by atoms with Gasteiger partial charge in [-0.2, -0.15) is 13.2 Å². The second kappa shape index (κ2) is 12.1. The van der Waals surface area contributed by atoms with E-state index in [-0.39, 0.29) is 40.2 Å². The Kier molecular flexibility index (Phi) is 9.34. The molecule has 0 aliphatic heterocycles. The molecule has 0 aliphatic carbocycles. The zero-order valence-corrected chi connectivity index (χ0v) is 22.4. The third-order valence-electron chi connectivity index (χ3n) is 6.08. The van der Waals surface area contributed by atoms with Crippen LogP contribution in [0.2, 0.25) is 0 Å². The van der Waals surface area contributed by atoms with Crippen molar-refractivity contribution in [2.75, 3.05) is 17.3 Å². The number of aliphatic hydroxyl groups excluding tert-OH is 1. The molecule has 1 heterocycles. The van der Waals surface area contributed by atoms with Gasteiger partial charge in [0, 0.05) is 11.6 Å². The van der Waals surface area contributed by atoms with Crippen LogP contribution in [0.3, 0.4) is 0 Å². The predicted molar refractivity (Wildman–Crippen MR) is 138 cm³/mol. The monoisotopic (exact) mass is 567 g/mol. The van der Waals surface area contributed by atoms with Gasteiger partial charge in [0.05, 0.1) is 41.2 Å². The molecule has 12 heteroatoms. The number of carbonyl (C=O) groups is 1. The summed E-state index contributed by atoms with van der Waals surface area (Å²) in [5.74, 6) is -1.52. The Morgan fingerprint density at radius 3 is 2.28 bits per heavy atom. The number of hydrogen-bond acceptors (Lipinski definition) is 6. The average molecular weight is 568 g/mol. The van der Waals surface area contributed by atoms with E-state index in [9.17, 15) is 31.5 Å². The van der Waals surface area contributed by atoms with E-state index in [1.54, 1.807) is 13.8 Å². The van der Waals surface area contributed by atoms with Crippen LogP contribution in [-0.2, 0) is 22.6 Å². The van der Waals surface area contributed by atoms with Gasteiger partial charge in [-0.15, -0.1) is 0 Å². The van der Waals surface area contributed by atoms with Crippen LogP contribution in [0, 0.1) is 5.82 Å². The summed E-state index contributed by atoms with van der Waals surface area (Å²) in [6.45, 7) is 4.43. The zero-order valence-electron chi connectivity index (χ0n) is 21.5. The second-order valence-electron chi connectivity index (χ2n) is 9.08.